The second-order valence-electron chi connectivity index (χ2n) is 6.00. The molecule has 0 aromatic carbocycles. The van der Waals surface area contributed by atoms with E-state index in [4.69, 9.17) is 16.3 Å². The first-order chi connectivity index (χ1) is 9.99. The number of hydrogen-bond acceptors (Lipinski definition) is 3. The largest absolute Gasteiger partial charge is 0.477 e. The highest BCUT2D eigenvalue weighted by Gasteiger charge is 2.17. The minimum Gasteiger partial charge on any atom is -0.477 e. The lowest BCUT2D eigenvalue weighted by Crippen LogP contribution is -2.15. The Kier molecular flexibility index (Phi) is 5.18. The summed E-state index contributed by atoms with van der Waals surface area (Å²) in [5.74, 6) is 1.09. The van der Waals surface area contributed by atoms with Crippen molar-refractivity contribution in [1.82, 2.24) is 9.97 Å². The molecule has 0 amide bonds. The number of ether oxygens (including phenoxy) is 1. The zero-order chi connectivity index (χ0) is 15.3. The molecular formula is C17H21ClN2O. The maximum Gasteiger partial charge on any atom is 0.213 e. The van der Waals surface area contributed by atoms with Gasteiger partial charge in [-0.15, -0.1) is 11.6 Å². The molecule has 4 heteroatoms. The Labute approximate surface area is 131 Å². The molecule has 0 fully saturated rings. The first-order valence-electron chi connectivity index (χ1n) is 7.09. The van der Waals surface area contributed by atoms with Crippen LogP contribution in [0.25, 0.3) is 0 Å². The summed E-state index contributed by atoms with van der Waals surface area (Å²) in [7, 11) is 0. The van der Waals surface area contributed by atoms with Crippen LogP contribution in [0.5, 0.6) is 5.88 Å². The zero-order valence-corrected chi connectivity index (χ0v) is 13.5. The Hall–Kier alpha value is -1.61. The highest BCUT2D eigenvalue weighted by atomic mass is 35.5. The van der Waals surface area contributed by atoms with Crippen LogP contribution < -0.4 is 4.74 Å². The summed E-state index contributed by atoms with van der Waals surface area (Å²) in [6.07, 6.45) is 2.55. The molecule has 112 valence electrons. The van der Waals surface area contributed by atoms with E-state index in [1.54, 1.807) is 6.20 Å². The van der Waals surface area contributed by atoms with E-state index in [1.807, 2.05) is 30.3 Å². The van der Waals surface area contributed by atoms with E-state index in [0.29, 0.717) is 18.4 Å². The van der Waals surface area contributed by atoms with Gasteiger partial charge in [-0.2, -0.15) is 0 Å². The molecule has 2 heterocycles. The summed E-state index contributed by atoms with van der Waals surface area (Å²) in [6.45, 7) is 6.94. The summed E-state index contributed by atoms with van der Waals surface area (Å²) in [4.78, 5) is 8.86. The maximum absolute atomic E-state index is 5.96. The van der Waals surface area contributed by atoms with Crippen LogP contribution in [0.4, 0.5) is 0 Å². The van der Waals surface area contributed by atoms with Crippen molar-refractivity contribution in [3.05, 3.63) is 53.5 Å². The second-order valence-corrected chi connectivity index (χ2v) is 6.27. The Morgan fingerprint density at radius 2 is 2.00 bits per heavy atom. The first-order valence-corrected chi connectivity index (χ1v) is 7.62. The van der Waals surface area contributed by atoms with Crippen molar-refractivity contribution in [2.24, 2.45) is 0 Å². The number of alkyl halides is 1. The van der Waals surface area contributed by atoms with Crippen LogP contribution >= 0.6 is 11.6 Å². The van der Waals surface area contributed by atoms with E-state index < -0.39 is 0 Å². The number of hydrogen-bond donors (Lipinski definition) is 0. The fourth-order valence-corrected chi connectivity index (χ4v) is 2.05. The molecule has 0 unspecified atom stereocenters. The van der Waals surface area contributed by atoms with E-state index in [-0.39, 0.29) is 5.41 Å². The monoisotopic (exact) mass is 304 g/mol. The van der Waals surface area contributed by atoms with Crippen molar-refractivity contribution in [2.45, 2.75) is 38.5 Å². The van der Waals surface area contributed by atoms with Crippen LogP contribution in [-0.2, 0) is 17.7 Å². The van der Waals surface area contributed by atoms with Crippen molar-refractivity contribution in [1.29, 1.82) is 0 Å². The minimum absolute atomic E-state index is 0.0266. The predicted octanol–water partition coefficient (Wildman–Crippen LogP) is 4.13. The second kappa shape index (κ2) is 6.90. The molecule has 0 spiro atoms. The van der Waals surface area contributed by atoms with Crippen molar-refractivity contribution < 1.29 is 4.74 Å². The smallest absolute Gasteiger partial charge is 0.213 e. The summed E-state index contributed by atoms with van der Waals surface area (Å²) in [6, 6.07) is 9.82. The minimum atomic E-state index is -0.0266. The van der Waals surface area contributed by atoms with Gasteiger partial charge in [0.1, 0.15) is 0 Å². The first kappa shape index (κ1) is 15.8. The number of aromatic nitrogens is 2. The van der Waals surface area contributed by atoms with E-state index in [2.05, 4.69) is 30.7 Å². The Morgan fingerprint density at radius 1 is 1.19 bits per heavy atom. The third kappa shape index (κ3) is 4.71. The fraction of sp³-hybridized carbons (Fsp3) is 0.412. The average molecular weight is 305 g/mol. The maximum atomic E-state index is 5.96. The van der Waals surface area contributed by atoms with Gasteiger partial charge in [-0.05, 0) is 23.8 Å². The van der Waals surface area contributed by atoms with Crippen molar-refractivity contribution in [3.63, 3.8) is 0 Å². The molecule has 0 aliphatic rings. The molecule has 0 saturated heterocycles. The molecule has 0 aliphatic heterocycles. The van der Waals surface area contributed by atoms with Crippen LogP contribution in [0.2, 0.25) is 0 Å². The molecule has 0 radical (unpaired) electrons. The summed E-state index contributed by atoms with van der Waals surface area (Å²) >= 11 is 5.96. The lowest BCUT2D eigenvalue weighted by atomic mass is 9.91. The molecule has 2 aromatic rings. The molecule has 21 heavy (non-hydrogen) atoms. The van der Waals surface area contributed by atoms with Crippen LogP contribution in [0.15, 0.2) is 36.5 Å². The fourth-order valence-electron chi connectivity index (χ4n) is 1.90. The van der Waals surface area contributed by atoms with Gasteiger partial charge in [0.25, 0.3) is 0 Å². The van der Waals surface area contributed by atoms with Gasteiger partial charge in [-0.25, -0.2) is 4.98 Å². The van der Waals surface area contributed by atoms with Gasteiger partial charge in [-0.1, -0.05) is 26.8 Å². The van der Waals surface area contributed by atoms with E-state index in [9.17, 15) is 0 Å². The van der Waals surface area contributed by atoms with Crippen LogP contribution in [0.1, 0.15) is 37.7 Å². The molecule has 0 saturated carbocycles. The molecule has 3 nitrogen and oxygen atoms in total. The van der Waals surface area contributed by atoms with Gasteiger partial charge < -0.3 is 4.74 Å². The van der Waals surface area contributed by atoms with Gasteiger partial charge in [0.2, 0.25) is 5.88 Å². The van der Waals surface area contributed by atoms with Gasteiger partial charge in [0.05, 0.1) is 12.3 Å². The summed E-state index contributed by atoms with van der Waals surface area (Å²) < 4.78 is 5.78. The predicted molar refractivity (Wildman–Crippen MR) is 85.9 cm³/mol. The Balaban J connectivity index is 2.05. The number of halogens is 1. The Morgan fingerprint density at radius 3 is 2.62 bits per heavy atom. The summed E-state index contributed by atoms with van der Waals surface area (Å²) in [5, 5.41) is 0. The lowest BCUT2D eigenvalue weighted by Gasteiger charge is -2.19. The molecule has 2 aromatic heterocycles. The number of rotatable bonds is 5. The van der Waals surface area contributed by atoms with E-state index >= 15 is 0 Å². The molecule has 0 bridgehead atoms. The quantitative estimate of drug-likeness (QED) is 0.779. The van der Waals surface area contributed by atoms with Gasteiger partial charge >= 0.3 is 0 Å². The SMILES string of the molecule is CC(C)(C)c1cc(CCl)cc(OCCc2ccccn2)n1. The van der Waals surface area contributed by atoms with Crippen molar-refractivity contribution in [3.8, 4) is 5.88 Å². The van der Waals surface area contributed by atoms with Crippen molar-refractivity contribution >= 4 is 11.6 Å². The topological polar surface area (TPSA) is 35.0 Å². The standard InChI is InChI=1S/C17H21ClN2O/c1-17(2,3)15-10-13(12-18)11-16(20-15)21-9-7-14-6-4-5-8-19-14/h4-6,8,10-11H,7,9,12H2,1-3H3. The Bertz CT molecular complexity index is 579. The zero-order valence-electron chi connectivity index (χ0n) is 12.8. The highest BCUT2D eigenvalue weighted by molar-refractivity contribution is 6.17. The highest BCUT2D eigenvalue weighted by Crippen LogP contribution is 2.25. The third-order valence-electron chi connectivity index (χ3n) is 3.12. The van der Waals surface area contributed by atoms with Crippen LogP contribution in [0.3, 0.4) is 0 Å². The molecule has 0 N–H and O–H groups in total. The lowest BCUT2D eigenvalue weighted by molar-refractivity contribution is 0.305. The normalized spacial score (nSPS) is 11.4. The summed E-state index contributed by atoms with van der Waals surface area (Å²) in [5.41, 5.74) is 3.02. The number of pyridine rings is 2. The van der Waals surface area contributed by atoms with Gasteiger partial charge in [0, 0.05) is 35.7 Å². The van der Waals surface area contributed by atoms with Crippen molar-refractivity contribution in [2.75, 3.05) is 6.61 Å². The molecular weight excluding hydrogens is 284 g/mol. The number of nitrogens with zero attached hydrogens (tertiary/aromatic N) is 2. The van der Waals surface area contributed by atoms with Gasteiger partial charge in [-0.3, -0.25) is 4.98 Å². The van der Waals surface area contributed by atoms with Crippen LogP contribution in [-0.4, -0.2) is 16.6 Å². The third-order valence-corrected chi connectivity index (χ3v) is 3.43. The molecule has 0 atom stereocenters. The van der Waals surface area contributed by atoms with Gasteiger partial charge in [0.15, 0.2) is 0 Å². The average Bonchev–Trinajstić information content (AvgIpc) is 2.47. The van der Waals surface area contributed by atoms with E-state index in [0.717, 1.165) is 23.4 Å². The molecule has 0 aliphatic carbocycles. The molecule has 2 rings (SSSR count). The van der Waals surface area contributed by atoms with E-state index in [1.165, 1.54) is 0 Å². The van der Waals surface area contributed by atoms with Crippen LogP contribution in [0, 0.1) is 0 Å².